The molecule has 2 atom stereocenters. The maximum Gasteiger partial charge on any atom is 0.255 e. The Morgan fingerprint density at radius 3 is 2.77 bits per heavy atom. The van der Waals surface area contributed by atoms with Crippen LogP contribution in [0.3, 0.4) is 0 Å². The Morgan fingerprint density at radius 1 is 1.31 bits per heavy atom. The molecule has 1 fully saturated rings. The van der Waals surface area contributed by atoms with Crippen molar-refractivity contribution in [2.45, 2.75) is 31.2 Å². The minimum Gasteiger partial charge on any atom is -0.481 e. The normalized spacial score (nSPS) is 24.1. The second-order valence-corrected chi connectivity index (χ2v) is 10.3. The van der Waals surface area contributed by atoms with Gasteiger partial charge in [0.2, 0.25) is 5.88 Å². The van der Waals surface area contributed by atoms with Gasteiger partial charge in [-0.05, 0) is 30.9 Å². The van der Waals surface area contributed by atoms with Crippen LogP contribution in [0.4, 0.5) is 8.78 Å². The third kappa shape index (κ3) is 4.01. The fourth-order valence-electron chi connectivity index (χ4n) is 5.52. The maximum atomic E-state index is 15.1. The molecule has 0 spiro atoms. The summed E-state index contributed by atoms with van der Waals surface area (Å²) >= 11 is 1.39. The van der Waals surface area contributed by atoms with Gasteiger partial charge in [0, 0.05) is 60.5 Å². The number of nitrogens with two attached hydrogens (primary N) is 1. The quantitative estimate of drug-likeness (QED) is 0.697. The highest BCUT2D eigenvalue weighted by Gasteiger charge is 2.50. The number of amides is 1. The van der Waals surface area contributed by atoms with Crippen LogP contribution in [0.1, 0.15) is 39.9 Å². The van der Waals surface area contributed by atoms with Crippen molar-refractivity contribution in [3.05, 3.63) is 58.3 Å². The van der Waals surface area contributed by atoms with E-state index in [-0.39, 0.29) is 29.7 Å². The second kappa shape index (κ2) is 9.11. The van der Waals surface area contributed by atoms with E-state index in [2.05, 4.69) is 11.1 Å². The number of ether oxygens (including phenoxy) is 1. The topological polar surface area (TPSA) is 105 Å². The van der Waals surface area contributed by atoms with Gasteiger partial charge in [-0.15, -0.1) is 0 Å². The number of thioether (sulfide) groups is 1. The predicted molar refractivity (Wildman–Crippen MR) is 128 cm³/mol. The Kier molecular flexibility index (Phi) is 6.13. The number of nitrogens with zero attached hydrogens (tertiary/aromatic N) is 4. The van der Waals surface area contributed by atoms with Crippen LogP contribution in [0.15, 0.2) is 29.4 Å². The fraction of sp³-hybridized carbons (Fsp3) is 0.440. The van der Waals surface area contributed by atoms with E-state index < -0.39 is 17.2 Å². The van der Waals surface area contributed by atoms with Crippen molar-refractivity contribution in [3.8, 4) is 11.9 Å². The lowest BCUT2D eigenvalue weighted by atomic mass is 9.67. The molecule has 5 rings (SSSR count). The van der Waals surface area contributed by atoms with Crippen molar-refractivity contribution >= 4 is 22.8 Å². The van der Waals surface area contributed by atoms with Gasteiger partial charge in [-0.3, -0.25) is 9.79 Å². The molecule has 1 aromatic heterocycles. The van der Waals surface area contributed by atoms with Gasteiger partial charge in [-0.1, -0.05) is 17.8 Å². The lowest BCUT2D eigenvalue weighted by Crippen LogP contribution is -2.47. The van der Waals surface area contributed by atoms with E-state index in [4.69, 9.17) is 15.5 Å². The van der Waals surface area contributed by atoms with Gasteiger partial charge in [0.05, 0.1) is 24.3 Å². The number of nitriles is 1. The highest BCUT2D eigenvalue weighted by Crippen LogP contribution is 2.50. The summed E-state index contributed by atoms with van der Waals surface area (Å²) in [5.41, 5.74) is 7.35. The first-order valence-electron chi connectivity index (χ1n) is 11.5. The lowest BCUT2D eigenvalue weighted by molar-refractivity contribution is 0.0704. The number of halogens is 2. The lowest BCUT2D eigenvalue weighted by Gasteiger charge is -2.45. The standard InChI is InChI=1S/C25H25F2N5O2S/c1-34-22-18-10-25(20-3-2-16(26)9-21(20)27)15(13-35-24(29)31-25)8-17(18)19(12-30-22)23(33)32-6-4-14(11-28)5-7-32/h2-3,9,12,14-15H,4-8,10,13H2,1H3,(H2,29,31)/t15-,25-/m0/s1. The Balaban J connectivity index is 1.60. The van der Waals surface area contributed by atoms with E-state index in [0.717, 1.165) is 11.6 Å². The number of rotatable bonds is 3. The molecule has 182 valence electrons. The summed E-state index contributed by atoms with van der Waals surface area (Å²) in [6.45, 7) is 1.03. The van der Waals surface area contributed by atoms with Crippen LogP contribution in [0.5, 0.6) is 5.88 Å². The van der Waals surface area contributed by atoms with E-state index in [0.29, 0.717) is 60.3 Å². The minimum atomic E-state index is -1.05. The Morgan fingerprint density at radius 2 is 2.09 bits per heavy atom. The molecule has 10 heteroatoms. The molecule has 1 aromatic carbocycles. The number of likely N-dealkylation sites (tertiary alicyclic amines) is 1. The molecule has 2 aromatic rings. The molecule has 1 aliphatic carbocycles. The maximum absolute atomic E-state index is 15.1. The van der Waals surface area contributed by atoms with Crippen LogP contribution in [0.2, 0.25) is 0 Å². The molecular formula is C25H25F2N5O2S. The van der Waals surface area contributed by atoms with Crippen molar-refractivity contribution in [2.24, 2.45) is 22.6 Å². The van der Waals surface area contributed by atoms with Crippen molar-refractivity contribution in [1.29, 1.82) is 5.26 Å². The number of piperidine rings is 1. The first-order chi connectivity index (χ1) is 16.9. The molecule has 35 heavy (non-hydrogen) atoms. The summed E-state index contributed by atoms with van der Waals surface area (Å²) < 4.78 is 34.4. The first-order valence-corrected chi connectivity index (χ1v) is 12.5. The monoisotopic (exact) mass is 497 g/mol. The average molecular weight is 498 g/mol. The zero-order valence-electron chi connectivity index (χ0n) is 19.3. The van der Waals surface area contributed by atoms with Gasteiger partial charge in [-0.25, -0.2) is 13.8 Å². The van der Waals surface area contributed by atoms with Gasteiger partial charge in [0.25, 0.3) is 5.91 Å². The largest absolute Gasteiger partial charge is 0.481 e. The SMILES string of the molecule is COc1ncc(C(=O)N2CCC(C#N)CC2)c2c1C[C@]1(c3ccc(F)cc3F)N=C(N)SC[C@@H]1C2. The number of aliphatic imine (C=N–C) groups is 1. The number of pyridine rings is 1. The van der Waals surface area contributed by atoms with Gasteiger partial charge in [0.1, 0.15) is 11.6 Å². The third-order valence-electron chi connectivity index (χ3n) is 7.36. The van der Waals surface area contributed by atoms with Gasteiger partial charge in [0.15, 0.2) is 5.17 Å². The molecule has 0 unspecified atom stereocenters. The molecule has 2 aliphatic heterocycles. The van der Waals surface area contributed by atoms with E-state index in [1.807, 2.05) is 0 Å². The summed E-state index contributed by atoms with van der Waals surface area (Å²) in [6, 6.07) is 5.81. The van der Waals surface area contributed by atoms with Crippen molar-refractivity contribution in [2.75, 3.05) is 26.0 Å². The van der Waals surface area contributed by atoms with E-state index in [1.54, 1.807) is 11.1 Å². The number of amidine groups is 1. The number of carbonyl (C=O) groups excluding carboxylic acids is 1. The Bertz CT molecular complexity index is 1260. The molecule has 1 amide bonds. The number of carbonyl (C=O) groups is 1. The number of methoxy groups -OCH3 is 1. The van der Waals surface area contributed by atoms with E-state index in [1.165, 1.54) is 31.0 Å². The highest BCUT2D eigenvalue weighted by molar-refractivity contribution is 8.13. The molecule has 2 N–H and O–H groups in total. The fourth-order valence-corrected chi connectivity index (χ4v) is 6.51. The average Bonchev–Trinajstić information content (AvgIpc) is 2.86. The van der Waals surface area contributed by atoms with Crippen LogP contribution >= 0.6 is 11.8 Å². The molecule has 3 heterocycles. The summed E-state index contributed by atoms with van der Waals surface area (Å²) in [5, 5.41) is 9.52. The minimum absolute atomic E-state index is 0.0317. The number of benzene rings is 1. The molecular weight excluding hydrogens is 472 g/mol. The third-order valence-corrected chi connectivity index (χ3v) is 8.31. The molecule has 0 bridgehead atoms. The van der Waals surface area contributed by atoms with Crippen molar-refractivity contribution < 1.29 is 18.3 Å². The van der Waals surface area contributed by atoms with Crippen LogP contribution in [0, 0.1) is 34.8 Å². The van der Waals surface area contributed by atoms with Crippen LogP contribution < -0.4 is 10.5 Å². The number of aromatic nitrogens is 1. The van der Waals surface area contributed by atoms with Crippen LogP contribution in [0.25, 0.3) is 0 Å². The predicted octanol–water partition coefficient (Wildman–Crippen LogP) is 3.42. The summed E-state index contributed by atoms with van der Waals surface area (Å²) in [5.74, 6) is -0.735. The molecule has 7 nitrogen and oxygen atoms in total. The van der Waals surface area contributed by atoms with Crippen LogP contribution in [-0.4, -0.2) is 46.9 Å². The smallest absolute Gasteiger partial charge is 0.255 e. The number of hydrogen-bond acceptors (Lipinski definition) is 7. The zero-order chi connectivity index (χ0) is 24.7. The van der Waals surface area contributed by atoms with Gasteiger partial charge >= 0.3 is 0 Å². The molecule has 0 saturated carbocycles. The van der Waals surface area contributed by atoms with E-state index >= 15 is 4.39 Å². The highest BCUT2D eigenvalue weighted by atomic mass is 32.2. The summed E-state index contributed by atoms with van der Waals surface area (Å²) in [6.07, 6.45) is 3.52. The zero-order valence-corrected chi connectivity index (χ0v) is 20.1. The Labute approximate surface area is 206 Å². The summed E-state index contributed by atoms with van der Waals surface area (Å²) in [4.78, 5) is 24.4. The van der Waals surface area contributed by atoms with Crippen LogP contribution in [-0.2, 0) is 18.4 Å². The summed E-state index contributed by atoms with van der Waals surface area (Å²) in [7, 11) is 1.50. The number of fused-ring (bicyclic) bond motifs is 2. The van der Waals surface area contributed by atoms with E-state index in [9.17, 15) is 14.4 Å². The molecule has 1 saturated heterocycles. The number of hydrogen-bond donors (Lipinski definition) is 1. The second-order valence-electron chi connectivity index (χ2n) is 9.22. The van der Waals surface area contributed by atoms with Crippen molar-refractivity contribution in [3.63, 3.8) is 0 Å². The van der Waals surface area contributed by atoms with Crippen molar-refractivity contribution in [1.82, 2.24) is 9.88 Å². The Hall–Kier alpha value is -3.19. The van der Waals surface area contributed by atoms with Gasteiger partial charge < -0.3 is 15.4 Å². The first kappa shape index (κ1) is 23.5. The molecule has 0 radical (unpaired) electrons. The molecule has 3 aliphatic rings. The van der Waals surface area contributed by atoms with Gasteiger partial charge in [-0.2, -0.15) is 5.26 Å².